The zero-order valence-electron chi connectivity index (χ0n) is 11.5. The molecule has 1 N–H and O–H groups in total. The SMILES string of the molecule is O=COC(Cc1cnc[nH]1)Cc1cccc2ccccc12. The molecule has 106 valence electrons. The van der Waals surface area contributed by atoms with E-state index in [1.807, 2.05) is 18.2 Å². The van der Waals surface area contributed by atoms with Crippen LogP contribution in [-0.2, 0) is 22.4 Å². The molecule has 4 heteroatoms. The highest BCUT2D eigenvalue weighted by Crippen LogP contribution is 2.21. The Morgan fingerprint density at radius 3 is 2.81 bits per heavy atom. The molecule has 0 saturated carbocycles. The molecular weight excluding hydrogens is 264 g/mol. The first-order chi connectivity index (χ1) is 10.4. The number of benzene rings is 2. The van der Waals surface area contributed by atoms with E-state index in [1.165, 1.54) is 16.3 Å². The number of imidazole rings is 1. The molecule has 0 aliphatic heterocycles. The Bertz CT molecular complexity index is 717. The third kappa shape index (κ3) is 3.11. The van der Waals surface area contributed by atoms with E-state index in [2.05, 4.69) is 34.2 Å². The predicted octanol–water partition coefficient (Wildman–Crippen LogP) is 2.89. The van der Waals surface area contributed by atoms with Crippen molar-refractivity contribution in [2.24, 2.45) is 0 Å². The van der Waals surface area contributed by atoms with Crippen LogP contribution >= 0.6 is 0 Å². The Morgan fingerprint density at radius 1 is 1.14 bits per heavy atom. The van der Waals surface area contributed by atoms with Crippen molar-refractivity contribution in [3.05, 3.63) is 66.2 Å². The smallest absolute Gasteiger partial charge is 0.293 e. The number of carbonyl (C=O) groups is 1. The zero-order valence-corrected chi connectivity index (χ0v) is 11.5. The van der Waals surface area contributed by atoms with Crippen LogP contribution in [0.25, 0.3) is 10.8 Å². The molecule has 1 atom stereocenters. The fourth-order valence-corrected chi connectivity index (χ4v) is 2.60. The van der Waals surface area contributed by atoms with E-state index in [9.17, 15) is 4.79 Å². The van der Waals surface area contributed by atoms with Gasteiger partial charge in [0, 0.05) is 24.7 Å². The van der Waals surface area contributed by atoms with Crippen molar-refractivity contribution >= 4 is 17.2 Å². The topological polar surface area (TPSA) is 55.0 Å². The predicted molar refractivity (Wildman–Crippen MR) is 80.9 cm³/mol. The highest BCUT2D eigenvalue weighted by molar-refractivity contribution is 5.85. The van der Waals surface area contributed by atoms with Gasteiger partial charge in [-0.15, -0.1) is 0 Å². The maximum absolute atomic E-state index is 10.7. The van der Waals surface area contributed by atoms with Gasteiger partial charge in [-0.05, 0) is 16.3 Å². The van der Waals surface area contributed by atoms with Gasteiger partial charge in [0.2, 0.25) is 0 Å². The summed E-state index contributed by atoms with van der Waals surface area (Å²) in [5.41, 5.74) is 2.14. The Balaban J connectivity index is 1.85. The monoisotopic (exact) mass is 280 g/mol. The minimum Gasteiger partial charge on any atom is -0.464 e. The van der Waals surface area contributed by atoms with Gasteiger partial charge in [-0.25, -0.2) is 4.98 Å². The van der Waals surface area contributed by atoms with Gasteiger partial charge < -0.3 is 9.72 Å². The molecule has 21 heavy (non-hydrogen) atoms. The average Bonchev–Trinajstić information content (AvgIpc) is 3.01. The molecule has 0 spiro atoms. The van der Waals surface area contributed by atoms with E-state index < -0.39 is 0 Å². The summed E-state index contributed by atoms with van der Waals surface area (Å²) in [4.78, 5) is 17.8. The van der Waals surface area contributed by atoms with Crippen molar-refractivity contribution in [1.82, 2.24) is 9.97 Å². The van der Waals surface area contributed by atoms with E-state index in [-0.39, 0.29) is 6.10 Å². The lowest BCUT2D eigenvalue weighted by Gasteiger charge is -2.15. The van der Waals surface area contributed by atoms with E-state index in [0.29, 0.717) is 19.3 Å². The summed E-state index contributed by atoms with van der Waals surface area (Å²) < 4.78 is 5.24. The lowest BCUT2D eigenvalue weighted by Crippen LogP contribution is -2.19. The summed E-state index contributed by atoms with van der Waals surface area (Å²) >= 11 is 0. The zero-order chi connectivity index (χ0) is 14.5. The number of nitrogens with one attached hydrogen (secondary N) is 1. The van der Waals surface area contributed by atoms with Gasteiger partial charge in [0.05, 0.1) is 6.33 Å². The summed E-state index contributed by atoms with van der Waals surface area (Å²) in [6, 6.07) is 14.4. The number of nitrogens with zero attached hydrogens (tertiary/aromatic N) is 1. The molecule has 2 aromatic carbocycles. The van der Waals surface area contributed by atoms with Crippen LogP contribution in [0, 0.1) is 0 Å². The number of hydrogen-bond acceptors (Lipinski definition) is 3. The highest BCUT2D eigenvalue weighted by atomic mass is 16.5. The van der Waals surface area contributed by atoms with E-state index >= 15 is 0 Å². The molecule has 4 nitrogen and oxygen atoms in total. The molecule has 0 bridgehead atoms. The minimum atomic E-state index is -0.200. The van der Waals surface area contributed by atoms with Crippen molar-refractivity contribution < 1.29 is 9.53 Å². The van der Waals surface area contributed by atoms with Crippen molar-refractivity contribution in [2.45, 2.75) is 18.9 Å². The van der Waals surface area contributed by atoms with Crippen LogP contribution in [0.15, 0.2) is 55.0 Å². The van der Waals surface area contributed by atoms with Gasteiger partial charge in [0.1, 0.15) is 6.10 Å². The van der Waals surface area contributed by atoms with Crippen molar-refractivity contribution in [3.63, 3.8) is 0 Å². The molecule has 0 aliphatic rings. The summed E-state index contributed by atoms with van der Waals surface area (Å²) in [5.74, 6) is 0. The van der Waals surface area contributed by atoms with Gasteiger partial charge in [0.25, 0.3) is 6.47 Å². The molecule has 0 aliphatic carbocycles. The minimum absolute atomic E-state index is 0.200. The standard InChI is InChI=1S/C17H16N2O2/c20-12-21-16(9-15-10-18-11-19-15)8-14-6-3-5-13-4-1-2-7-17(13)14/h1-7,10-12,16H,8-9H2,(H,18,19). The molecule has 0 saturated heterocycles. The lowest BCUT2D eigenvalue weighted by atomic mass is 9.98. The van der Waals surface area contributed by atoms with Gasteiger partial charge >= 0.3 is 0 Å². The highest BCUT2D eigenvalue weighted by Gasteiger charge is 2.14. The maximum atomic E-state index is 10.7. The molecule has 1 unspecified atom stereocenters. The first kappa shape index (κ1) is 13.4. The number of carbonyl (C=O) groups excluding carboxylic acids is 1. The second-order valence-corrected chi connectivity index (χ2v) is 4.98. The molecule has 1 aromatic heterocycles. The summed E-state index contributed by atoms with van der Waals surface area (Å²) in [6.07, 6.45) is 4.49. The normalized spacial score (nSPS) is 12.2. The fourth-order valence-electron chi connectivity index (χ4n) is 2.60. The van der Waals surface area contributed by atoms with Gasteiger partial charge in [-0.2, -0.15) is 0 Å². The second kappa shape index (κ2) is 6.22. The Morgan fingerprint density at radius 2 is 2.00 bits per heavy atom. The van der Waals surface area contributed by atoms with Crippen LogP contribution in [0.2, 0.25) is 0 Å². The van der Waals surface area contributed by atoms with Gasteiger partial charge in [-0.3, -0.25) is 4.79 Å². The molecule has 0 amide bonds. The Kier molecular flexibility index (Phi) is 3.96. The quantitative estimate of drug-likeness (QED) is 0.706. The summed E-state index contributed by atoms with van der Waals surface area (Å²) in [5, 5.41) is 2.39. The number of hydrogen-bond donors (Lipinski definition) is 1. The summed E-state index contributed by atoms with van der Waals surface area (Å²) in [7, 11) is 0. The number of H-pyrrole nitrogens is 1. The van der Waals surface area contributed by atoms with Crippen LogP contribution in [0.5, 0.6) is 0 Å². The maximum Gasteiger partial charge on any atom is 0.293 e. The van der Waals surface area contributed by atoms with Crippen LogP contribution in [0.3, 0.4) is 0 Å². The van der Waals surface area contributed by atoms with Crippen molar-refractivity contribution in [2.75, 3.05) is 0 Å². The van der Waals surface area contributed by atoms with Crippen LogP contribution in [0.1, 0.15) is 11.3 Å². The molecule has 0 radical (unpaired) electrons. The third-order valence-electron chi connectivity index (χ3n) is 3.58. The fraction of sp³-hybridized carbons (Fsp3) is 0.176. The largest absolute Gasteiger partial charge is 0.464 e. The van der Waals surface area contributed by atoms with Crippen molar-refractivity contribution in [3.8, 4) is 0 Å². The molecule has 0 fully saturated rings. The Hall–Kier alpha value is -2.62. The van der Waals surface area contributed by atoms with E-state index in [4.69, 9.17) is 4.74 Å². The number of ether oxygens (including phenoxy) is 1. The van der Waals surface area contributed by atoms with Crippen molar-refractivity contribution in [1.29, 1.82) is 0 Å². The molecular formula is C17H16N2O2. The number of rotatable bonds is 6. The first-order valence-corrected chi connectivity index (χ1v) is 6.90. The number of aromatic amines is 1. The van der Waals surface area contributed by atoms with E-state index in [0.717, 1.165) is 5.69 Å². The molecule has 3 rings (SSSR count). The first-order valence-electron chi connectivity index (χ1n) is 6.90. The molecule has 3 aromatic rings. The summed E-state index contributed by atoms with van der Waals surface area (Å²) in [6.45, 7) is 0.520. The lowest BCUT2D eigenvalue weighted by molar-refractivity contribution is -0.133. The average molecular weight is 280 g/mol. The van der Waals surface area contributed by atoms with Crippen LogP contribution in [0.4, 0.5) is 0 Å². The van der Waals surface area contributed by atoms with Crippen LogP contribution < -0.4 is 0 Å². The molecule has 1 heterocycles. The van der Waals surface area contributed by atoms with E-state index in [1.54, 1.807) is 12.5 Å². The second-order valence-electron chi connectivity index (χ2n) is 4.98. The van der Waals surface area contributed by atoms with Gasteiger partial charge in [-0.1, -0.05) is 42.5 Å². The number of aromatic nitrogens is 2. The van der Waals surface area contributed by atoms with Crippen LogP contribution in [-0.4, -0.2) is 22.5 Å². The van der Waals surface area contributed by atoms with Gasteiger partial charge in [0.15, 0.2) is 0 Å². The Labute approximate surface area is 122 Å². The third-order valence-corrected chi connectivity index (χ3v) is 3.58. The number of fused-ring (bicyclic) bond motifs is 1.